The highest BCUT2D eigenvalue weighted by Gasteiger charge is 2.29. The van der Waals surface area contributed by atoms with Gasteiger partial charge in [-0.15, -0.1) is 0 Å². The molecule has 0 aromatic carbocycles. The van der Waals surface area contributed by atoms with Crippen LogP contribution < -0.4 is 10.6 Å². The van der Waals surface area contributed by atoms with E-state index in [4.69, 9.17) is 10.2 Å². The van der Waals surface area contributed by atoms with Gasteiger partial charge in [-0.2, -0.15) is 0 Å². The largest absolute Gasteiger partial charge is 0.480 e. The minimum Gasteiger partial charge on any atom is -0.480 e. The molecule has 0 rings (SSSR count). The zero-order valence-corrected chi connectivity index (χ0v) is 17.9. The number of carboxylic acid groups (broad SMARTS) is 2. The first-order chi connectivity index (χ1) is 11.4. The number of hydrogen-bond acceptors (Lipinski definition) is 4. The van der Waals surface area contributed by atoms with E-state index in [2.05, 4.69) is 10.6 Å². The van der Waals surface area contributed by atoms with Crippen molar-refractivity contribution in [3.05, 3.63) is 0 Å². The van der Waals surface area contributed by atoms with Gasteiger partial charge in [0.1, 0.15) is 12.1 Å². The first-order valence-electron chi connectivity index (χ1n) is 8.94. The Balaban J connectivity index is 0. The molecule has 0 aliphatic carbocycles. The van der Waals surface area contributed by atoms with E-state index >= 15 is 0 Å². The molecule has 0 radical (unpaired) electrons. The summed E-state index contributed by atoms with van der Waals surface area (Å²) in [4.78, 5) is 33.1. The SMILES string of the molecule is CC(C)[C@H](NC(=O)C(C)(C)C)C(=O)O.CC(C)[C@H](NC(C)(C)C)C(=O)O. The van der Waals surface area contributed by atoms with Crippen LogP contribution in [0.25, 0.3) is 0 Å². The van der Waals surface area contributed by atoms with Crippen LogP contribution in [0.15, 0.2) is 0 Å². The first kappa shape index (κ1) is 26.6. The van der Waals surface area contributed by atoms with Gasteiger partial charge in [-0.3, -0.25) is 14.9 Å². The quantitative estimate of drug-likeness (QED) is 0.568. The second-order valence-corrected chi connectivity index (χ2v) is 9.24. The third-order valence-electron chi connectivity index (χ3n) is 3.42. The summed E-state index contributed by atoms with van der Waals surface area (Å²) in [5.41, 5.74) is -0.698. The van der Waals surface area contributed by atoms with Gasteiger partial charge in [-0.05, 0) is 32.6 Å². The molecule has 26 heavy (non-hydrogen) atoms. The summed E-state index contributed by atoms with van der Waals surface area (Å²) < 4.78 is 0. The predicted molar refractivity (Wildman–Crippen MR) is 103 cm³/mol. The normalized spacial score (nSPS) is 14.3. The Kier molecular flexibility index (Phi) is 10.7. The van der Waals surface area contributed by atoms with Crippen LogP contribution >= 0.6 is 0 Å². The van der Waals surface area contributed by atoms with E-state index in [-0.39, 0.29) is 23.3 Å². The average Bonchev–Trinajstić information content (AvgIpc) is 2.39. The summed E-state index contributed by atoms with van der Waals surface area (Å²) in [6.07, 6.45) is 0. The lowest BCUT2D eigenvalue weighted by atomic mass is 9.94. The number of nitrogens with one attached hydrogen (secondary N) is 2. The van der Waals surface area contributed by atoms with Crippen LogP contribution in [0.3, 0.4) is 0 Å². The highest BCUT2D eigenvalue weighted by Crippen LogP contribution is 2.14. The molecule has 0 aliphatic rings. The molecule has 0 unspecified atom stereocenters. The molecule has 2 atom stereocenters. The van der Waals surface area contributed by atoms with Crippen molar-refractivity contribution in [2.45, 2.75) is 86.9 Å². The predicted octanol–water partition coefficient (Wildman–Crippen LogP) is 2.74. The van der Waals surface area contributed by atoms with Crippen LogP contribution in [-0.4, -0.2) is 45.7 Å². The van der Waals surface area contributed by atoms with Crippen LogP contribution in [0.2, 0.25) is 0 Å². The molecular formula is C19H38N2O5. The number of aliphatic carboxylic acids is 2. The van der Waals surface area contributed by atoms with Crippen molar-refractivity contribution in [1.82, 2.24) is 10.6 Å². The fraction of sp³-hybridized carbons (Fsp3) is 0.842. The van der Waals surface area contributed by atoms with Crippen LogP contribution in [0.5, 0.6) is 0 Å². The third-order valence-corrected chi connectivity index (χ3v) is 3.42. The van der Waals surface area contributed by atoms with Gasteiger partial charge < -0.3 is 15.5 Å². The second kappa shape index (κ2) is 10.5. The van der Waals surface area contributed by atoms with Gasteiger partial charge in [0, 0.05) is 11.0 Å². The Hall–Kier alpha value is -1.63. The lowest BCUT2D eigenvalue weighted by molar-refractivity contribution is -0.144. The van der Waals surface area contributed by atoms with Gasteiger partial charge in [0.25, 0.3) is 0 Å². The summed E-state index contributed by atoms with van der Waals surface area (Å²) in [5, 5.41) is 23.3. The molecule has 4 N–H and O–H groups in total. The summed E-state index contributed by atoms with van der Waals surface area (Å²) in [6.45, 7) is 18.5. The first-order valence-corrected chi connectivity index (χ1v) is 8.94. The topological polar surface area (TPSA) is 116 Å². The van der Waals surface area contributed by atoms with E-state index in [9.17, 15) is 14.4 Å². The fourth-order valence-corrected chi connectivity index (χ4v) is 1.85. The van der Waals surface area contributed by atoms with Crippen LogP contribution in [-0.2, 0) is 14.4 Å². The van der Waals surface area contributed by atoms with Crippen molar-refractivity contribution in [3.63, 3.8) is 0 Å². The lowest BCUT2D eigenvalue weighted by Crippen LogP contribution is -2.50. The molecule has 0 aromatic rings. The monoisotopic (exact) mass is 374 g/mol. The Labute approximate surface area is 157 Å². The molecule has 7 heteroatoms. The van der Waals surface area contributed by atoms with Crippen LogP contribution in [0.4, 0.5) is 0 Å². The van der Waals surface area contributed by atoms with Gasteiger partial charge >= 0.3 is 11.9 Å². The van der Waals surface area contributed by atoms with E-state index in [1.165, 1.54) is 0 Å². The maximum atomic E-state index is 11.5. The number of hydrogen-bond donors (Lipinski definition) is 4. The molecule has 0 bridgehead atoms. The Bertz CT molecular complexity index is 473. The molecule has 154 valence electrons. The standard InChI is InChI=1S/C10H19NO3.C9H19NO2/c1-6(2)7(8(12)13)11-9(14)10(3,4)5;1-6(2)7(8(11)12)10-9(3,4)5/h6-7H,1-5H3,(H,11,14)(H,12,13);6-7,10H,1-5H3,(H,11,12)/t2*7-/m00/s1. The summed E-state index contributed by atoms with van der Waals surface area (Å²) in [6, 6.07) is -1.26. The molecule has 0 saturated carbocycles. The number of carbonyl (C=O) groups excluding carboxylic acids is 1. The van der Waals surface area contributed by atoms with E-state index in [1.54, 1.807) is 34.6 Å². The van der Waals surface area contributed by atoms with Gasteiger partial charge in [-0.25, -0.2) is 4.79 Å². The van der Waals surface area contributed by atoms with Crippen LogP contribution in [0, 0.1) is 17.3 Å². The summed E-state index contributed by atoms with van der Waals surface area (Å²) in [5.74, 6) is -2.00. The minimum atomic E-state index is -0.988. The maximum absolute atomic E-state index is 11.5. The highest BCUT2D eigenvalue weighted by atomic mass is 16.4. The molecule has 7 nitrogen and oxygen atoms in total. The highest BCUT2D eigenvalue weighted by molar-refractivity contribution is 5.86. The number of carbonyl (C=O) groups is 3. The fourth-order valence-electron chi connectivity index (χ4n) is 1.85. The Morgan fingerprint density at radius 3 is 1.23 bits per heavy atom. The van der Waals surface area contributed by atoms with E-state index in [0.29, 0.717) is 0 Å². The number of rotatable bonds is 6. The van der Waals surface area contributed by atoms with Gasteiger partial charge in [0.2, 0.25) is 5.91 Å². The molecular weight excluding hydrogens is 336 g/mol. The zero-order valence-electron chi connectivity index (χ0n) is 17.9. The van der Waals surface area contributed by atoms with E-state index in [0.717, 1.165) is 0 Å². The van der Waals surface area contributed by atoms with Gasteiger partial charge in [-0.1, -0.05) is 48.5 Å². The van der Waals surface area contributed by atoms with E-state index in [1.807, 2.05) is 34.6 Å². The maximum Gasteiger partial charge on any atom is 0.326 e. The molecule has 0 heterocycles. The molecule has 0 aliphatic heterocycles. The summed E-state index contributed by atoms with van der Waals surface area (Å²) >= 11 is 0. The van der Waals surface area contributed by atoms with Crippen LogP contribution in [0.1, 0.15) is 69.2 Å². The Morgan fingerprint density at radius 1 is 0.731 bits per heavy atom. The third kappa shape index (κ3) is 11.8. The van der Waals surface area contributed by atoms with Crippen molar-refractivity contribution < 1.29 is 24.6 Å². The molecule has 0 aromatic heterocycles. The zero-order chi connectivity index (χ0) is 21.5. The smallest absolute Gasteiger partial charge is 0.326 e. The van der Waals surface area contributed by atoms with Crippen molar-refractivity contribution in [1.29, 1.82) is 0 Å². The van der Waals surface area contributed by atoms with Gasteiger partial charge in [0.05, 0.1) is 0 Å². The van der Waals surface area contributed by atoms with Crippen molar-refractivity contribution in [2.24, 2.45) is 17.3 Å². The Morgan fingerprint density at radius 2 is 1.08 bits per heavy atom. The minimum absolute atomic E-state index is 0.112. The number of amides is 1. The van der Waals surface area contributed by atoms with Crippen molar-refractivity contribution >= 4 is 17.8 Å². The molecule has 1 amide bonds. The van der Waals surface area contributed by atoms with Crippen molar-refractivity contribution in [2.75, 3.05) is 0 Å². The van der Waals surface area contributed by atoms with Crippen molar-refractivity contribution in [3.8, 4) is 0 Å². The summed E-state index contributed by atoms with van der Waals surface area (Å²) in [7, 11) is 0. The second-order valence-electron chi connectivity index (χ2n) is 9.24. The van der Waals surface area contributed by atoms with Gasteiger partial charge in [0.15, 0.2) is 0 Å². The number of carboxylic acids is 2. The average molecular weight is 375 g/mol. The molecule has 0 spiro atoms. The molecule has 0 saturated heterocycles. The molecule has 0 fully saturated rings. The van der Waals surface area contributed by atoms with E-state index < -0.39 is 29.4 Å². The lowest BCUT2D eigenvalue weighted by Gasteiger charge is -2.28.